The van der Waals surface area contributed by atoms with Crippen molar-refractivity contribution in [3.05, 3.63) is 12.3 Å². The van der Waals surface area contributed by atoms with Gasteiger partial charge in [0.2, 0.25) is 8.32 Å². The van der Waals surface area contributed by atoms with Gasteiger partial charge >= 0.3 is 0 Å². The molecule has 0 atom stereocenters. The maximum absolute atomic E-state index is 5.70. The molecule has 0 saturated heterocycles. The van der Waals surface area contributed by atoms with Crippen molar-refractivity contribution in [3.63, 3.8) is 0 Å². The SMILES string of the molecule is C=C[Si](CC)(CC)OCC. The van der Waals surface area contributed by atoms with Crippen LogP contribution in [-0.2, 0) is 4.43 Å². The molecule has 0 aromatic heterocycles. The first-order valence-corrected chi connectivity index (χ1v) is 6.42. The molecule has 0 amide bonds. The van der Waals surface area contributed by atoms with Crippen LogP contribution in [0.4, 0.5) is 0 Å². The summed E-state index contributed by atoms with van der Waals surface area (Å²) in [4.78, 5) is 0. The van der Waals surface area contributed by atoms with Crippen LogP contribution in [0.15, 0.2) is 12.3 Å². The summed E-state index contributed by atoms with van der Waals surface area (Å²) in [6.45, 7) is 11.1. The lowest BCUT2D eigenvalue weighted by Crippen LogP contribution is -2.34. The molecule has 0 unspecified atom stereocenters. The van der Waals surface area contributed by atoms with Crippen LogP contribution in [0, 0.1) is 0 Å². The van der Waals surface area contributed by atoms with Gasteiger partial charge in [-0.3, -0.25) is 0 Å². The summed E-state index contributed by atoms with van der Waals surface area (Å²) in [6, 6.07) is 2.31. The first-order valence-electron chi connectivity index (χ1n) is 4.02. The minimum absolute atomic E-state index is 0.833. The van der Waals surface area contributed by atoms with Crippen LogP contribution in [0.3, 0.4) is 0 Å². The van der Waals surface area contributed by atoms with Crippen LogP contribution in [0.5, 0.6) is 0 Å². The van der Waals surface area contributed by atoms with Crippen molar-refractivity contribution in [1.29, 1.82) is 0 Å². The van der Waals surface area contributed by atoms with Gasteiger partial charge in [-0.25, -0.2) is 0 Å². The summed E-state index contributed by atoms with van der Waals surface area (Å²) in [5.41, 5.74) is 2.05. The molecule has 0 heterocycles. The minimum atomic E-state index is -1.45. The molecule has 0 rings (SSSR count). The fourth-order valence-corrected chi connectivity index (χ4v) is 3.27. The number of hydrogen-bond acceptors (Lipinski definition) is 1. The Hall–Kier alpha value is -0.0831. The van der Waals surface area contributed by atoms with Crippen molar-refractivity contribution in [2.45, 2.75) is 32.9 Å². The predicted octanol–water partition coefficient (Wildman–Crippen LogP) is 2.73. The summed E-state index contributed by atoms with van der Waals surface area (Å²) in [7, 11) is -1.45. The predicted molar refractivity (Wildman–Crippen MR) is 48.5 cm³/mol. The molecule has 10 heavy (non-hydrogen) atoms. The van der Waals surface area contributed by atoms with Crippen molar-refractivity contribution in [2.75, 3.05) is 6.61 Å². The Balaban J connectivity index is 4.00. The zero-order valence-electron chi connectivity index (χ0n) is 7.31. The Labute approximate surface area is 65.2 Å². The highest BCUT2D eigenvalue weighted by Gasteiger charge is 2.25. The Bertz CT molecular complexity index is 97.4. The van der Waals surface area contributed by atoms with Crippen molar-refractivity contribution >= 4 is 8.32 Å². The van der Waals surface area contributed by atoms with Crippen molar-refractivity contribution in [3.8, 4) is 0 Å². The lowest BCUT2D eigenvalue weighted by molar-refractivity contribution is 0.329. The van der Waals surface area contributed by atoms with Crippen molar-refractivity contribution < 1.29 is 4.43 Å². The molecule has 0 aromatic rings. The first kappa shape index (κ1) is 9.92. The van der Waals surface area contributed by atoms with Gasteiger partial charge in [0.1, 0.15) is 0 Å². The average Bonchev–Trinajstić information content (AvgIpc) is 2.01. The van der Waals surface area contributed by atoms with Gasteiger partial charge in [0.15, 0.2) is 0 Å². The lowest BCUT2D eigenvalue weighted by Gasteiger charge is -2.24. The molecule has 0 bridgehead atoms. The van der Waals surface area contributed by atoms with Gasteiger partial charge in [-0.2, -0.15) is 0 Å². The topological polar surface area (TPSA) is 9.23 Å². The third-order valence-corrected chi connectivity index (χ3v) is 6.00. The Morgan fingerprint density at radius 2 is 1.80 bits per heavy atom. The van der Waals surface area contributed by atoms with Crippen LogP contribution >= 0.6 is 0 Å². The molecule has 0 N–H and O–H groups in total. The van der Waals surface area contributed by atoms with Crippen LogP contribution in [0.25, 0.3) is 0 Å². The number of hydrogen-bond donors (Lipinski definition) is 0. The van der Waals surface area contributed by atoms with Crippen LogP contribution in [0.1, 0.15) is 20.8 Å². The Kier molecular flexibility index (Phi) is 4.65. The van der Waals surface area contributed by atoms with E-state index < -0.39 is 8.32 Å². The molecule has 0 radical (unpaired) electrons. The highest BCUT2D eigenvalue weighted by atomic mass is 28.4. The van der Waals surface area contributed by atoms with Crippen molar-refractivity contribution in [1.82, 2.24) is 0 Å². The maximum atomic E-state index is 5.70. The number of rotatable bonds is 5. The summed E-state index contributed by atoms with van der Waals surface area (Å²) < 4.78 is 5.70. The second kappa shape index (κ2) is 4.69. The largest absolute Gasteiger partial charge is 0.413 e. The van der Waals surface area contributed by atoms with Crippen LogP contribution in [0.2, 0.25) is 12.1 Å². The smallest absolute Gasteiger partial charge is 0.215 e. The molecule has 1 nitrogen and oxygen atoms in total. The zero-order chi connectivity index (χ0) is 8.04. The molecule has 0 fully saturated rings. The Morgan fingerprint density at radius 3 is 1.90 bits per heavy atom. The molecule has 0 aliphatic carbocycles. The van der Waals surface area contributed by atoms with Crippen LogP contribution in [-0.4, -0.2) is 14.9 Å². The molecule has 0 aliphatic rings. The van der Waals surface area contributed by atoms with E-state index >= 15 is 0 Å². The Morgan fingerprint density at radius 1 is 1.30 bits per heavy atom. The van der Waals surface area contributed by atoms with Crippen molar-refractivity contribution in [2.24, 2.45) is 0 Å². The first-order chi connectivity index (χ1) is 4.74. The van der Waals surface area contributed by atoms with Gasteiger partial charge in [0.25, 0.3) is 0 Å². The third-order valence-electron chi connectivity index (χ3n) is 2.00. The third kappa shape index (κ3) is 2.27. The summed E-state index contributed by atoms with van der Waals surface area (Å²) >= 11 is 0. The summed E-state index contributed by atoms with van der Waals surface area (Å²) in [5.74, 6) is 0. The molecular formula is C8H18OSi. The normalized spacial score (nSPS) is 11.5. The van der Waals surface area contributed by atoms with E-state index in [1.165, 1.54) is 0 Å². The summed E-state index contributed by atoms with van der Waals surface area (Å²) in [5, 5.41) is 0. The average molecular weight is 158 g/mol. The van der Waals surface area contributed by atoms with E-state index in [4.69, 9.17) is 4.43 Å². The lowest BCUT2D eigenvalue weighted by atomic mass is 10.9. The molecule has 0 spiro atoms. The molecule has 60 valence electrons. The monoisotopic (exact) mass is 158 g/mol. The second-order valence-corrected chi connectivity index (χ2v) is 6.65. The van der Waals surface area contributed by atoms with Gasteiger partial charge < -0.3 is 4.43 Å². The van der Waals surface area contributed by atoms with Crippen LogP contribution < -0.4 is 0 Å². The second-order valence-electron chi connectivity index (χ2n) is 2.41. The highest BCUT2D eigenvalue weighted by molar-refractivity contribution is 6.78. The molecule has 0 aromatic carbocycles. The molecule has 2 heteroatoms. The van der Waals surface area contributed by atoms with E-state index in [9.17, 15) is 0 Å². The van der Waals surface area contributed by atoms with E-state index in [1.807, 2.05) is 0 Å². The standard InChI is InChI=1S/C8H18OSi/c1-5-9-10(6-2,7-3)8-4/h6H,2,5,7-8H2,1,3-4H3. The fraction of sp³-hybridized carbons (Fsp3) is 0.750. The van der Waals surface area contributed by atoms with E-state index in [2.05, 4.69) is 33.0 Å². The van der Waals surface area contributed by atoms with Gasteiger partial charge in [0.05, 0.1) is 0 Å². The molecular weight excluding hydrogens is 140 g/mol. The van der Waals surface area contributed by atoms with Gasteiger partial charge in [-0.05, 0) is 19.0 Å². The minimum Gasteiger partial charge on any atom is -0.413 e. The van der Waals surface area contributed by atoms with Gasteiger partial charge in [0, 0.05) is 6.61 Å². The van der Waals surface area contributed by atoms with E-state index in [0.717, 1.165) is 18.7 Å². The zero-order valence-corrected chi connectivity index (χ0v) is 8.31. The van der Waals surface area contributed by atoms with E-state index in [0.29, 0.717) is 0 Å². The highest BCUT2D eigenvalue weighted by Crippen LogP contribution is 2.16. The van der Waals surface area contributed by atoms with Gasteiger partial charge in [-0.1, -0.05) is 19.5 Å². The maximum Gasteiger partial charge on any atom is 0.215 e. The summed E-state index contributed by atoms with van der Waals surface area (Å²) in [6.07, 6.45) is 0. The van der Waals surface area contributed by atoms with Gasteiger partial charge in [-0.15, -0.1) is 6.58 Å². The molecule has 0 saturated carbocycles. The fourth-order valence-electron chi connectivity index (χ4n) is 1.09. The van der Waals surface area contributed by atoms with E-state index in [-0.39, 0.29) is 0 Å². The quantitative estimate of drug-likeness (QED) is 0.559. The molecule has 0 aliphatic heterocycles. The van der Waals surface area contributed by atoms with E-state index in [1.54, 1.807) is 0 Å².